The Labute approximate surface area is 115 Å². The van der Waals surface area contributed by atoms with E-state index in [1.807, 2.05) is 12.1 Å². The van der Waals surface area contributed by atoms with Gasteiger partial charge in [-0.05, 0) is 43.5 Å². The van der Waals surface area contributed by atoms with Crippen molar-refractivity contribution in [3.05, 3.63) is 23.8 Å². The van der Waals surface area contributed by atoms with Crippen LogP contribution in [-0.2, 0) is 0 Å². The van der Waals surface area contributed by atoms with E-state index in [1.165, 1.54) is 31.2 Å². The van der Waals surface area contributed by atoms with Gasteiger partial charge in [-0.15, -0.1) is 0 Å². The molecule has 1 N–H and O–H groups in total. The van der Waals surface area contributed by atoms with Crippen molar-refractivity contribution in [3.63, 3.8) is 0 Å². The van der Waals surface area contributed by atoms with Crippen molar-refractivity contribution >= 4 is 0 Å². The normalized spacial score (nSPS) is 22.9. The van der Waals surface area contributed by atoms with Gasteiger partial charge in [0.15, 0.2) is 0 Å². The van der Waals surface area contributed by atoms with E-state index in [1.54, 1.807) is 7.11 Å². The number of hydrogen-bond donors (Lipinski definition) is 1. The van der Waals surface area contributed by atoms with Crippen molar-refractivity contribution < 1.29 is 9.47 Å². The van der Waals surface area contributed by atoms with Crippen LogP contribution in [-0.4, -0.2) is 20.3 Å². The number of fused-ring (bicyclic) bond motifs is 1. The lowest BCUT2D eigenvalue weighted by Gasteiger charge is -2.28. The third-order valence-electron chi connectivity index (χ3n) is 4.38. The number of ether oxygens (including phenoxy) is 2. The van der Waals surface area contributed by atoms with Crippen LogP contribution in [0.1, 0.15) is 43.7 Å². The maximum atomic E-state index is 5.73. The molecule has 0 bridgehead atoms. The van der Waals surface area contributed by atoms with E-state index in [0.717, 1.165) is 37.0 Å². The molecule has 0 amide bonds. The summed E-state index contributed by atoms with van der Waals surface area (Å²) in [6.07, 6.45) is 6.64. The summed E-state index contributed by atoms with van der Waals surface area (Å²) < 4.78 is 11.1. The van der Waals surface area contributed by atoms with E-state index < -0.39 is 0 Å². The minimum Gasteiger partial charge on any atom is -0.497 e. The van der Waals surface area contributed by atoms with Crippen LogP contribution in [0.3, 0.4) is 0 Å². The van der Waals surface area contributed by atoms with Crippen molar-refractivity contribution in [3.8, 4) is 11.5 Å². The molecule has 3 heteroatoms. The van der Waals surface area contributed by atoms with Crippen LogP contribution in [0.5, 0.6) is 11.5 Å². The molecule has 1 aromatic carbocycles. The third-order valence-corrected chi connectivity index (χ3v) is 4.38. The number of rotatable bonds is 4. The zero-order chi connectivity index (χ0) is 13.1. The first-order valence-corrected chi connectivity index (χ1v) is 7.41. The molecule has 1 aliphatic heterocycles. The van der Waals surface area contributed by atoms with Crippen LogP contribution in [0.4, 0.5) is 0 Å². The molecule has 1 aliphatic carbocycles. The first kappa shape index (κ1) is 12.8. The monoisotopic (exact) mass is 261 g/mol. The highest BCUT2D eigenvalue weighted by Gasteiger charge is 2.23. The summed E-state index contributed by atoms with van der Waals surface area (Å²) in [6.45, 7) is 1.95. The van der Waals surface area contributed by atoms with E-state index in [2.05, 4.69) is 11.4 Å². The van der Waals surface area contributed by atoms with Gasteiger partial charge in [-0.2, -0.15) is 0 Å². The van der Waals surface area contributed by atoms with Gasteiger partial charge in [0.25, 0.3) is 0 Å². The maximum absolute atomic E-state index is 5.73. The van der Waals surface area contributed by atoms with E-state index in [0.29, 0.717) is 6.04 Å². The molecule has 1 saturated carbocycles. The molecule has 3 rings (SSSR count). The van der Waals surface area contributed by atoms with Crippen molar-refractivity contribution in [1.82, 2.24) is 5.32 Å². The Morgan fingerprint density at radius 1 is 1.26 bits per heavy atom. The van der Waals surface area contributed by atoms with Gasteiger partial charge in [0, 0.05) is 18.0 Å². The van der Waals surface area contributed by atoms with Gasteiger partial charge in [-0.1, -0.05) is 12.8 Å². The predicted octanol–water partition coefficient (Wildman–Crippen LogP) is 3.30. The molecule has 1 atom stereocenters. The zero-order valence-corrected chi connectivity index (χ0v) is 11.7. The second-order valence-electron chi connectivity index (χ2n) is 5.65. The van der Waals surface area contributed by atoms with E-state index in [9.17, 15) is 0 Å². The Balaban J connectivity index is 1.69. The predicted molar refractivity (Wildman–Crippen MR) is 75.8 cm³/mol. The van der Waals surface area contributed by atoms with Crippen LogP contribution >= 0.6 is 0 Å². The van der Waals surface area contributed by atoms with Crippen molar-refractivity contribution in [2.75, 3.05) is 20.3 Å². The molecule has 104 valence electrons. The highest BCUT2D eigenvalue weighted by atomic mass is 16.5. The first-order chi connectivity index (χ1) is 9.36. The Kier molecular flexibility index (Phi) is 3.92. The number of hydrogen-bond acceptors (Lipinski definition) is 3. The second-order valence-corrected chi connectivity index (χ2v) is 5.65. The molecular formula is C16H23NO2. The fraction of sp³-hybridized carbons (Fsp3) is 0.625. The standard InChI is InChI=1S/C16H23NO2/c1-18-13-6-7-16-14(10-13)15(8-9-19-16)17-11-12-4-2-3-5-12/h6-7,10,12,15,17H,2-5,8-9,11H2,1H3. The highest BCUT2D eigenvalue weighted by molar-refractivity contribution is 5.43. The van der Waals surface area contributed by atoms with Crippen LogP contribution in [0, 0.1) is 5.92 Å². The molecule has 2 aliphatic rings. The lowest BCUT2D eigenvalue weighted by Crippen LogP contribution is -2.30. The largest absolute Gasteiger partial charge is 0.497 e. The lowest BCUT2D eigenvalue weighted by atomic mass is 9.99. The molecule has 19 heavy (non-hydrogen) atoms. The zero-order valence-electron chi connectivity index (χ0n) is 11.7. The van der Waals surface area contributed by atoms with Crippen LogP contribution in [0.25, 0.3) is 0 Å². The average Bonchev–Trinajstić information content (AvgIpc) is 2.97. The summed E-state index contributed by atoms with van der Waals surface area (Å²) in [5, 5.41) is 3.74. The fourth-order valence-electron chi connectivity index (χ4n) is 3.23. The average molecular weight is 261 g/mol. The third kappa shape index (κ3) is 2.86. The first-order valence-electron chi connectivity index (χ1n) is 7.41. The van der Waals surface area contributed by atoms with Gasteiger partial charge in [0.2, 0.25) is 0 Å². The number of benzene rings is 1. The van der Waals surface area contributed by atoms with Gasteiger partial charge in [-0.3, -0.25) is 0 Å². The van der Waals surface area contributed by atoms with Crippen molar-refractivity contribution in [2.45, 2.75) is 38.1 Å². The highest BCUT2D eigenvalue weighted by Crippen LogP contribution is 2.35. The van der Waals surface area contributed by atoms with Gasteiger partial charge in [-0.25, -0.2) is 0 Å². The van der Waals surface area contributed by atoms with Crippen LogP contribution in [0.15, 0.2) is 18.2 Å². The molecule has 0 saturated heterocycles. The molecular weight excluding hydrogens is 238 g/mol. The summed E-state index contributed by atoms with van der Waals surface area (Å²) in [5.41, 5.74) is 1.25. The molecule has 1 aromatic rings. The van der Waals surface area contributed by atoms with Crippen molar-refractivity contribution in [2.24, 2.45) is 5.92 Å². The van der Waals surface area contributed by atoms with E-state index in [4.69, 9.17) is 9.47 Å². The Bertz CT molecular complexity index is 427. The van der Waals surface area contributed by atoms with Crippen LogP contribution < -0.4 is 14.8 Å². The minimum atomic E-state index is 0.416. The lowest BCUT2D eigenvalue weighted by molar-refractivity contribution is 0.247. The molecule has 1 heterocycles. The fourth-order valence-corrected chi connectivity index (χ4v) is 3.23. The summed E-state index contributed by atoms with van der Waals surface area (Å²) in [6, 6.07) is 6.52. The Hall–Kier alpha value is -1.22. The topological polar surface area (TPSA) is 30.5 Å². The molecule has 3 nitrogen and oxygen atoms in total. The summed E-state index contributed by atoms with van der Waals surface area (Å²) in [4.78, 5) is 0. The molecule has 0 spiro atoms. The maximum Gasteiger partial charge on any atom is 0.124 e. The minimum absolute atomic E-state index is 0.416. The smallest absolute Gasteiger partial charge is 0.124 e. The van der Waals surface area contributed by atoms with Gasteiger partial charge in [0.1, 0.15) is 11.5 Å². The number of nitrogens with one attached hydrogen (secondary N) is 1. The van der Waals surface area contributed by atoms with Gasteiger partial charge < -0.3 is 14.8 Å². The van der Waals surface area contributed by atoms with E-state index in [-0.39, 0.29) is 0 Å². The summed E-state index contributed by atoms with van der Waals surface area (Å²) >= 11 is 0. The summed E-state index contributed by atoms with van der Waals surface area (Å²) in [7, 11) is 1.71. The Morgan fingerprint density at radius 3 is 2.89 bits per heavy atom. The van der Waals surface area contributed by atoms with Crippen molar-refractivity contribution in [1.29, 1.82) is 0 Å². The van der Waals surface area contributed by atoms with Crippen LogP contribution in [0.2, 0.25) is 0 Å². The second kappa shape index (κ2) is 5.83. The SMILES string of the molecule is COc1ccc2c(c1)C(NCC1CCCC1)CCO2. The molecule has 1 fully saturated rings. The molecule has 0 radical (unpaired) electrons. The Morgan fingerprint density at radius 2 is 2.11 bits per heavy atom. The molecule has 0 aromatic heterocycles. The molecule has 1 unspecified atom stereocenters. The summed E-state index contributed by atoms with van der Waals surface area (Å²) in [5.74, 6) is 2.80. The number of methoxy groups -OCH3 is 1. The van der Waals surface area contributed by atoms with Gasteiger partial charge >= 0.3 is 0 Å². The van der Waals surface area contributed by atoms with Gasteiger partial charge in [0.05, 0.1) is 13.7 Å². The van der Waals surface area contributed by atoms with E-state index >= 15 is 0 Å². The quantitative estimate of drug-likeness (QED) is 0.902.